The Morgan fingerprint density at radius 3 is 1.08 bits per heavy atom. The van der Waals surface area contributed by atoms with Gasteiger partial charge in [-0.15, -0.1) is 184 Å². The molecule has 661 valence electrons. The van der Waals surface area contributed by atoms with E-state index < -0.39 is 32.3 Å². The third-order valence-electron chi connectivity index (χ3n) is 25.5. The van der Waals surface area contributed by atoms with E-state index in [1.807, 2.05) is 127 Å². The van der Waals surface area contributed by atoms with Crippen molar-refractivity contribution in [1.29, 1.82) is 0 Å². The van der Waals surface area contributed by atoms with E-state index in [2.05, 4.69) is 298 Å². The van der Waals surface area contributed by atoms with Crippen molar-refractivity contribution < 1.29 is 60.3 Å². The second-order valence-electron chi connectivity index (χ2n) is 37.4. The third kappa shape index (κ3) is 20.7. The zero-order valence-electron chi connectivity index (χ0n) is 76.6. The molecule has 0 bridgehead atoms. The van der Waals surface area contributed by atoms with Crippen molar-refractivity contribution in [1.82, 2.24) is 39.0 Å². The second-order valence-corrected chi connectivity index (χ2v) is 56.8. The molecular formula is C115H112Ir3N8Si4-6. The van der Waals surface area contributed by atoms with Gasteiger partial charge in [-0.3, -0.25) is 0 Å². The maximum atomic E-state index is 5.08. The number of para-hydroxylation sites is 3. The Hall–Kier alpha value is -10.5. The molecule has 130 heavy (non-hydrogen) atoms. The fourth-order valence-electron chi connectivity index (χ4n) is 19.3. The quantitative estimate of drug-likeness (QED) is 0.0947. The van der Waals surface area contributed by atoms with Gasteiger partial charge in [0.1, 0.15) is 0 Å². The number of fused-ring (bicyclic) bond motifs is 12. The van der Waals surface area contributed by atoms with Gasteiger partial charge in [0, 0.05) is 121 Å². The van der Waals surface area contributed by atoms with Crippen molar-refractivity contribution in [3.05, 3.63) is 374 Å². The Morgan fingerprint density at radius 1 is 0.308 bits per heavy atom. The van der Waals surface area contributed by atoms with Gasteiger partial charge in [0.15, 0.2) is 0 Å². The molecule has 0 fully saturated rings. The van der Waals surface area contributed by atoms with E-state index in [1.54, 1.807) is 56.0 Å². The minimum absolute atomic E-state index is 0. The van der Waals surface area contributed by atoms with Crippen LogP contribution in [0.25, 0.3) is 128 Å². The van der Waals surface area contributed by atoms with Gasteiger partial charge in [-0.2, -0.15) is 0 Å². The fourth-order valence-corrected chi connectivity index (χ4v) is 27.2. The summed E-state index contributed by atoms with van der Waals surface area (Å²) < 4.78 is 4.74. The average molecular weight is 2300 g/mol. The SMILES string of the molecule is CCn1c2c[c-]c(-c3ncc([Si](C)(C)C)c4c3CCCC4)cc2c2ccccc21.C[Si](C)(C)c1cnc(-c2[c-]cc3c(c2)-c2ccccc2[Si]3(C)C)c2c1CCCC2.C[Si](C)(C)c1cnc(-c2[c-]cc3c(c2)c2ccccc2n3-c2ccccc2)c2c1CCCC2.[Ir].[Ir].[Ir].[c-]1ccccc1-c1ccccn1.[c-]1ccccc1-c1ccccn1.[c-]1ccccc1-c1ccccn1. The summed E-state index contributed by atoms with van der Waals surface area (Å²) in [5.41, 5.74) is 31.3. The number of aromatic nitrogens is 8. The molecule has 0 saturated heterocycles. The van der Waals surface area contributed by atoms with Crippen LogP contribution in [0.4, 0.5) is 0 Å². The molecule has 9 heterocycles. The number of rotatable bonds is 11. The maximum absolute atomic E-state index is 5.08. The van der Waals surface area contributed by atoms with Crippen LogP contribution in [0.2, 0.25) is 72.0 Å². The molecule has 10 aromatic carbocycles. The first kappa shape index (κ1) is 95.6. The van der Waals surface area contributed by atoms with Gasteiger partial charge in [0.2, 0.25) is 0 Å². The van der Waals surface area contributed by atoms with Gasteiger partial charge in [0.25, 0.3) is 0 Å². The van der Waals surface area contributed by atoms with E-state index >= 15 is 0 Å². The summed E-state index contributed by atoms with van der Waals surface area (Å²) in [6.07, 6.45) is 26.8. The molecule has 3 radical (unpaired) electrons. The van der Waals surface area contributed by atoms with Crippen LogP contribution in [-0.4, -0.2) is 71.3 Å². The Morgan fingerprint density at radius 2 is 0.669 bits per heavy atom. The van der Waals surface area contributed by atoms with E-state index in [-0.39, 0.29) is 60.3 Å². The van der Waals surface area contributed by atoms with Crippen LogP contribution < -0.4 is 25.9 Å². The summed E-state index contributed by atoms with van der Waals surface area (Å²) in [5.74, 6) is 0. The van der Waals surface area contributed by atoms with E-state index in [1.165, 1.54) is 151 Å². The van der Waals surface area contributed by atoms with Gasteiger partial charge < -0.3 is 39.0 Å². The van der Waals surface area contributed by atoms with Crippen LogP contribution >= 0.6 is 0 Å². The fraction of sp³-hybridized carbons (Fsp3) is 0.217. The zero-order chi connectivity index (χ0) is 87.8. The number of benzene rings is 10. The smallest absolute Gasteiger partial charge is 0.0799 e. The normalized spacial score (nSPS) is 13.2. The minimum atomic E-state index is -1.61. The molecule has 15 heteroatoms. The van der Waals surface area contributed by atoms with Gasteiger partial charge >= 0.3 is 0 Å². The average Bonchev–Trinajstić information content (AvgIpc) is 1.56. The van der Waals surface area contributed by atoms with Crippen molar-refractivity contribution in [3.63, 3.8) is 0 Å². The Balaban J connectivity index is 0.000000131. The standard InChI is InChI=1S/C30H29N2Si.C26H29N2Si.C26H30NSi2.3C11H8N.3Ir/c1-33(2,3)29-20-31-30(25-15-8-7-14-24(25)29)21-17-18-28-26(19-21)23-13-9-10-16-27(23)32(28)22-11-5-4-6-12-22;1-5-28-23-13-9-8-10-19(23)22-16-18(14-15-24(22)28)26-21-12-7-6-11-20(21)25(17-27-26)29(2,3)4;1-28(2,3)25-17-27-26(21-12-7-6-10-19(21)25)18-14-15-24-22(16-18)20-11-8-9-13-23(20)29(24,4)5;3*1-2-6-10(7-3-1)11-8-4-5-9-12-11;;;/h4-6,9-13,16,18-20H,7-8,14-15H2,1-3H3;8-10,13,15-17H,5-7,11-12H2,1-4H3;8-9,11,13,15-17H,6-7,10,12H2,1-5H3;3*1-6,8-9H;;;/q6*-1;;;. The van der Waals surface area contributed by atoms with Crippen LogP contribution in [-0.2, 0) is 105 Å². The molecule has 22 rings (SSSR count). The molecule has 0 unspecified atom stereocenters. The number of nitrogens with zero attached hydrogens (tertiary/aromatic N) is 8. The first-order valence-corrected chi connectivity index (χ1v) is 59.0. The first-order chi connectivity index (χ1) is 61.7. The van der Waals surface area contributed by atoms with E-state index in [0.29, 0.717) is 0 Å². The largest absolute Gasteiger partial charge is 0.381 e. The zero-order valence-corrected chi connectivity index (χ0v) is 87.8. The van der Waals surface area contributed by atoms with Gasteiger partial charge in [-0.25, -0.2) is 0 Å². The van der Waals surface area contributed by atoms with Gasteiger partial charge in [-0.1, -0.05) is 242 Å². The molecule has 0 spiro atoms. The molecule has 0 N–H and O–H groups in total. The van der Waals surface area contributed by atoms with E-state index in [0.717, 1.165) is 82.1 Å². The van der Waals surface area contributed by atoms with Crippen LogP contribution in [0, 0.1) is 36.4 Å². The summed E-state index contributed by atoms with van der Waals surface area (Å²) in [6, 6.07) is 112. The summed E-state index contributed by atoms with van der Waals surface area (Å²) in [7, 11) is -5.82. The van der Waals surface area contributed by atoms with E-state index in [9.17, 15) is 0 Å². The summed E-state index contributed by atoms with van der Waals surface area (Å²) in [6.45, 7) is 30.1. The molecular weight excluding hydrogens is 2180 g/mol. The van der Waals surface area contributed by atoms with Crippen molar-refractivity contribution >= 4 is 102 Å². The molecule has 0 saturated carbocycles. The van der Waals surface area contributed by atoms with Crippen LogP contribution in [0.5, 0.6) is 0 Å². The molecule has 3 aliphatic carbocycles. The van der Waals surface area contributed by atoms with Crippen molar-refractivity contribution in [2.24, 2.45) is 0 Å². The molecule has 18 aromatic rings. The minimum Gasteiger partial charge on any atom is -0.381 e. The van der Waals surface area contributed by atoms with Gasteiger partial charge in [-0.05, 0) is 204 Å². The molecule has 0 atom stereocenters. The Labute approximate surface area is 814 Å². The predicted molar refractivity (Wildman–Crippen MR) is 545 cm³/mol. The summed E-state index contributed by atoms with van der Waals surface area (Å²) in [5, 5.41) is 12.9. The van der Waals surface area contributed by atoms with Crippen molar-refractivity contribution in [3.8, 4) is 84.4 Å². The number of aryl methyl sites for hydroxylation is 1. The number of pyridine rings is 6. The second kappa shape index (κ2) is 42.4. The summed E-state index contributed by atoms with van der Waals surface area (Å²) >= 11 is 0. The van der Waals surface area contributed by atoms with Crippen molar-refractivity contribution in [2.75, 3.05) is 0 Å². The van der Waals surface area contributed by atoms with E-state index in [4.69, 9.17) is 15.0 Å². The number of hydrogen-bond acceptors (Lipinski definition) is 6. The molecule has 1 aliphatic heterocycles. The Bertz CT molecular complexity index is 6600. The maximum Gasteiger partial charge on any atom is 0.0799 e. The van der Waals surface area contributed by atoms with Gasteiger partial charge in [0.05, 0.1) is 32.3 Å². The monoisotopic (exact) mass is 2300 g/mol. The van der Waals surface area contributed by atoms with Crippen LogP contribution in [0.3, 0.4) is 0 Å². The summed E-state index contributed by atoms with van der Waals surface area (Å²) in [4.78, 5) is 27.8. The Kier molecular flexibility index (Phi) is 31.2. The third-order valence-corrected chi connectivity index (χ3v) is 35.2. The number of hydrogen-bond donors (Lipinski definition) is 0. The van der Waals surface area contributed by atoms with Crippen LogP contribution in [0.1, 0.15) is 78.8 Å². The molecule has 8 aromatic heterocycles. The molecule has 0 amide bonds. The molecule has 8 nitrogen and oxygen atoms in total. The van der Waals surface area contributed by atoms with Crippen molar-refractivity contribution in [2.45, 2.75) is 163 Å². The van der Waals surface area contributed by atoms with Crippen LogP contribution in [0.15, 0.2) is 304 Å². The predicted octanol–water partition coefficient (Wildman–Crippen LogP) is 25.6. The topological polar surface area (TPSA) is 87.2 Å². The molecule has 4 aliphatic rings. The first-order valence-electron chi connectivity index (χ1n) is 45.5.